The highest BCUT2D eigenvalue weighted by Gasteiger charge is 2.26. The van der Waals surface area contributed by atoms with Gasteiger partial charge in [-0.05, 0) is 47.1 Å². The molecule has 1 amide bonds. The van der Waals surface area contributed by atoms with Crippen molar-refractivity contribution >= 4 is 16.9 Å². The summed E-state index contributed by atoms with van der Waals surface area (Å²) in [7, 11) is -1.35. The molecule has 0 aromatic heterocycles. The molecule has 2 aliphatic heterocycles. The van der Waals surface area contributed by atoms with Gasteiger partial charge in [0.15, 0.2) is 6.29 Å². The Bertz CT molecular complexity index is 1020. The number of carbonyl (C=O) groups excluding carboxylic acids is 1. The first kappa shape index (κ1) is 23.8. The van der Waals surface area contributed by atoms with Crippen LogP contribution in [0.2, 0.25) is 0 Å². The van der Waals surface area contributed by atoms with Crippen LogP contribution in [0.15, 0.2) is 65.1 Å². The maximum absolute atomic E-state index is 13.0. The Morgan fingerprint density at radius 1 is 1.06 bits per heavy atom. The summed E-state index contributed by atoms with van der Waals surface area (Å²) >= 11 is 0. The summed E-state index contributed by atoms with van der Waals surface area (Å²) in [5.41, 5.74) is 6.65. The molecular formula is C26H32N2O4S. The van der Waals surface area contributed by atoms with Crippen LogP contribution in [-0.4, -0.2) is 40.4 Å². The van der Waals surface area contributed by atoms with Gasteiger partial charge in [0.2, 0.25) is 0 Å². The van der Waals surface area contributed by atoms with Crippen molar-refractivity contribution in [2.24, 2.45) is 0 Å². The molecule has 1 saturated heterocycles. The van der Waals surface area contributed by atoms with E-state index in [-0.39, 0.29) is 11.3 Å². The monoisotopic (exact) mass is 468 g/mol. The topological polar surface area (TPSA) is 67.9 Å². The zero-order valence-electron chi connectivity index (χ0n) is 19.5. The number of hydroxylamine groups is 1. The van der Waals surface area contributed by atoms with E-state index < -0.39 is 17.3 Å². The molecule has 2 atom stereocenters. The van der Waals surface area contributed by atoms with E-state index >= 15 is 0 Å². The molecule has 1 fully saturated rings. The van der Waals surface area contributed by atoms with Crippen molar-refractivity contribution in [2.45, 2.75) is 56.6 Å². The Morgan fingerprint density at radius 3 is 2.33 bits per heavy atom. The van der Waals surface area contributed by atoms with Crippen LogP contribution in [0.3, 0.4) is 0 Å². The maximum atomic E-state index is 13.0. The Hall–Kier alpha value is -2.32. The van der Waals surface area contributed by atoms with Gasteiger partial charge in [-0.3, -0.25) is 4.79 Å². The number of rotatable bonds is 6. The minimum absolute atomic E-state index is 0.120. The van der Waals surface area contributed by atoms with Crippen LogP contribution in [0, 0.1) is 0 Å². The van der Waals surface area contributed by atoms with Crippen LogP contribution >= 0.6 is 0 Å². The van der Waals surface area contributed by atoms with E-state index in [2.05, 4.69) is 50.5 Å². The average molecular weight is 469 g/mol. The zero-order valence-corrected chi connectivity index (χ0v) is 20.3. The number of hydrogen-bond donors (Lipinski definition) is 1. The Morgan fingerprint density at radius 2 is 1.73 bits per heavy atom. The van der Waals surface area contributed by atoms with Gasteiger partial charge in [0.25, 0.3) is 5.91 Å². The smallest absolute Gasteiger partial charge is 0.271 e. The molecule has 2 aromatic rings. The molecule has 4 rings (SSSR count). The number of amides is 1. The van der Waals surface area contributed by atoms with Crippen molar-refractivity contribution in [2.75, 3.05) is 19.7 Å². The van der Waals surface area contributed by atoms with Gasteiger partial charge >= 0.3 is 0 Å². The molecule has 2 heterocycles. The van der Waals surface area contributed by atoms with E-state index in [1.165, 1.54) is 5.56 Å². The lowest BCUT2D eigenvalue weighted by Gasteiger charge is -2.22. The Balaban J connectivity index is 1.32. The summed E-state index contributed by atoms with van der Waals surface area (Å²) in [6, 6.07) is 16.4. The van der Waals surface area contributed by atoms with Gasteiger partial charge in [-0.2, -0.15) is 0 Å². The third kappa shape index (κ3) is 5.98. The lowest BCUT2D eigenvalue weighted by atomic mass is 9.86. The first-order chi connectivity index (χ1) is 15.8. The van der Waals surface area contributed by atoms with E-state index in [1.807, 2.05) is 24.3 Å². The quantitative estimate of drug-likeness (QED) is 0.635. The molecule has 0 spiro atoms. The molecular weight excluding hydrogens is 436 g/mol. The van der Waals surface area contributed by atoms with Crippen LogP contribution in [0.4, 0.5) is 0 Å². The van der Waals surface area contributed by atoms with E-state index in [1.54, 1.807) is 10.4 Å². The van der Waals surface area contributed by atoms with Crippen LogP contribution in [0.25, 0.3) is 11.1 Å². The van der Waals surface area contributed by atoms with Crippen molar-refractivity contribution < 1.29 is 18.6 Å². The van der Waals surface area contributed by atoms with E-state index in [4.69, 9.17) is 9.57 Å². The molecule has 176 valence electrons. The molecule has 0 bridgehead atoms. The fraction of sp³-hybridized carbons (Fsp3) is 0.423. The predicted octanol–water partition coefficient (Wildman–Crippen LogP) is 4.49. The van der Waals surface area contributed by atoms with Crippen LogP contribution in [0.1, 0.15) is 45.6 Å². The molecule has 2 aliphatic rings. The highest BCUT2D eigenvalue weighted by molar-refractivity contribution is 7.82. The average Bonchev–Trinajstić information content (AvgIpc) is 3.33. The second-order valence-corrected chi connectivity index (χ2v) is 11.0. The maximum Gasteiger partial charge on any atom is 0.271 e. The number of ether oxygens (including phenoxy) is 1. The molecule has 0 radical (unpaired) electrons. The van der Waals surface area contributed by atoms with Gasteiger partial charge in [-0.1, -0.05) is 63.2 Å². The first-order valence-corrected chi connectivity index (χ1v) is 12.6. The van der Waals surface area contributed by atoms with Crippen molar-refractivity contribution in [3.05, 3.63) is 65.7 Å². The second kappa shape index (κ2) is 10.3. The summed E-state index contributed by atoms with van der Waals surface area (Å²) in [4.78, 5) is 18.5. The number of nitrogens with one attached hydrogen (secondary N) is 1. The van der Waals surface area contributed by atoms with Crippen LogP contribution in [-0.2, 0) is 30.8 Å². The van der Waals surface area contributed by atoms with Gasteiger partial charge in [0.1, 0.15) is 11.0 Å². The summed E-state index contributed by atoms with van der Waals surface area (Å²) in [5.74, 6) is -0.308. The highest BCUT2D eigenvalue weighted by Crippen LogP contribution is 2.27. The van der Waals surface area contributed by atoms with Crippen LogP contribution in [0.5, 0.6) is 0 Å². The van der Waals surface area contributed by atoms with E-state index in [9.17, 15) is 9.00 Å². The minimum atomic E-state index is -1.35. The molecule has 0 saturated carbocycles. The normalized spacial score (nSPS) is 20.3. The van der Waals surface area contributed by atoms with Gasteiger partial charge in [0, 0.05) is 31.7 Å². The number of hydrogen-bond acceptors (Lipinski definition) is 4. The third-order valence-electron chi connectivity index (χ3n) is 5.98. The zero-order chi connectivity index (χ0) is 23.4. The summed E-state index contributed by atoms with van der Waals surface area (Å²) < 4.78 is 20.3. The summed E-state index contributed by atoms with van der Waals surface area (Å²) in [6.07, 6.45) is 4.22. The third-order valence-corrected chi connectivity index (χ3v) is 7.40. The molecule has 33 heavy (non-hydrogen) atoms. The van der Waals surface area contributed by atoms with Crippen molar-refractivity contribution in [3.8, 4) is 11.1 Å². The summed E-state index contributed by atoms with van der Waals surface area (Å²) in [5, 5.41) is 0. The highest BCUT2D eigenvalue weighted by atomic mass is 32.2. The fourth-order valence-corrected chi connectivity index (χ4v) is 5.02. The standard InChI is InChI=1S/C26H32N2O4S/c1-26(2,3)22-11-7-19(8-12-22)20-9-13-23(14-10-20)33(30)28-16-15-21(18-28)25(29)27-32-24-6-4-5-17-31-24/h7-15,24H,4-6,16-18H2,1-3H3,(H,27,29). The Kier molecular flexibility index (Phi) is 7.44. The van der Waals surface area contributed by atoms with Crippen molar-refractivity contribution in [1.82, 2.24) is 9.79 Å². The first-order valence-electron chi connectivity index (χ1n) is 11.5. The lowest BCUT2D eigenvalue weighted by molar-refractivity contribution is -0.198. The molecule has 6 nitrogen and oxygen atoms in total. The number of nitrogens with zero attached hydrogens (tertiary/aromatic N) is 1. The molecule has 2 unspecified atom stereocenters. The molecule has 0 aliphatic carbocycles. The SMILES string of the molecule is CC(C)(C)c1ccc(-c2ccc(S(=O)N3CC=C(C(=O)NOC4CCCCO4)C3)cc2)cc1. The van der Waals surface area contributed by atoms with E-state index in [0.29, 0.717) is 30.2 Å². The van der Waals surface area contributed by atoms with Gasteiger partial charge in [-0.15, -0.1) is 0 Å². The predicted molar refractivity (Wildman–Crippen MR) is 129 cm³/mol. The van der Waals surface area contributed by atoms with Gasteiger partial charge in [-0.25, -0.2) is 18.8 Å². The fourth-order valence-electron chi connectivity index (χ4n) is 3.89. The van der Waals surface area contributed by atoms with Crippen molar-refractivity contribution in [1.29, 1.82) is 0 Å². The molecule has 1 N–H and O–H groups in total. The van der Waals surface area contributed by atoms with Crippen molar-refractivity contribution in [3.63, 3.8) is 0 Å². The second-order valence-electron chi connectivity index (χ2n) is 9.50. The lowest BCUT2D eigenvalue weighted by Crippen LogP contribution is -2.35. The summed E-state index contributed by atoms with van der Waals surface area (Å²) in [6.45, 7) is 8.01. The van der Waals surface area contributed by atoms with Crippen LogP contribution < -0.4 is 5.48 Å². The number of benzene rings is 2. The van der Waals surface area contributed by atoms with Gasteiger partial charge < -0.3 is 4.74 Å². The van der Waals surface area contributed by atoms with Gasteiger partial charge in [0.05, 0.1) is 4.90 Å². The number of carbonyl (C=O) groups is 1. The Labute approximate surface area is 198 Å². The molecule has 2 aromatic carbocycles. The molecule has 7 heteroatoms. The largest absolute Gasteiger partial charge is 0.350 e. The van der Waals surface area contributed by atoms with E-state index in [0.717, 1.165) is 30.4 Å². The minimum Gasteiger partial charge on any atom is -0.350 e.